The summed E-state index contributed by atoms with van der Waals surface area (Å²) in [5.41, 5.74) is 2.45. The highest BCUT2D eigenvalue weighted by Crippen LogP contribution is 2.53. The van der Waals surface area contributed by atoms with Gasteiger partial charge in [0.2, 0.25) is 0 Å². The van der Waals surface area contributed by atoms with E-state index in [1.165, 1.54) is 19.3 Å². The Morgan fingerprint density at radius 1 is 1.00 bits per heavy atom. The Hall–Kier alpha value is -1.84. The van der Waals surface area contributed by atoms with Gasteiger partial charge in [-0.3, -0.25) is 0 Å². The van der Waals surface area contributed by atoms with E-state index in [9.17, 15) is 0 Å². The van der Waals surface area contributed by atoms with Crippen LogP contribution in [0.5, 0.6) is 0 Å². The zero-order chi connectivity index (χ0) is 20.4. The van der Waals surface area contributed by atoms with Gasteiger partial charge in [0.05, 0.1) is 10.5 Å². The summed E-state index contributed by atoms with van der Waals surface area (Å²) >= 11 is 12.6. The highest BCUT2D eigenvalue weighted by molar-refractivity contribution is 6.36. The van der Waals surface area contributed by atoms with Crippen LogP contribution in [0.4, 0.5) is 5.82 Å². The summed E-state index contributed by atoms with van der Waals surface area (Å²) in [5, 5.41) is 2.30. The number of fused-ring (bicyclic) bond motifs is 3. The molecule has 0 N–H and O–H groups in total. The summed E-state index contributed by atoms with van der Waals surface area (Å²) < 4.78 is 0. The Morgan fingerprint density at radius 3 is 2.59 bits per heavy atom. The first kappa shape index (κ1) is 19.1. The van der Waals surface area contributed by atoms with E-state index in [0.29, 0.717) is 32.7 Å². The summed E-state index contributed by atoms with van der Waals surface area (Å²) in [4.78, 5) is 12.4. The highest BCUT2D eigenvalue weighted by Gasteiger charge is 2.50. The van der Waals surface area contributed by atoms with E-state index in [-0.39, 0.29) is 0 Å². The van der Waals surface area contributed by atoms with Crippen LogP contribution in [0.2, 0.25) is 10.0 Å². The molecule has 3 nitrogen and oxygen atoms in total. The molecule has 0 unspecified atom stereocenters. The van der Waals surface area contributed by atoms with Crippen LogP contribution in [-0.4, -0.2) is 22.6 Å². The van der Waals surface area contributed by atoms with Gasteiger partial charge in [-0.1, -0.05) is 56.1 Å². The van der Waals surface area contributed by atoms with E-state index in [0.717, 1.165) is 28.8 Å². The summed E-state index contributed by atoms with van der Waals surface area (Å²) in [6.07, 6.45) is 3.68. The minimum Gasteiger partial charge on any atom is -0.352 e. The molecule has 1 saturated carbocycles. The smallest absolute Gasteiger partial charge is 0.163 e. The molecule has 2 fully saturated rings. The van der Waals surface area contributed by atoms with Crippen LogP contribution >= 0.6 is 23.2 Å². The maximum Gasteiger partial charge on any atom is 0.163 e. The van der Waals surface area contributed by atoms with E-state index in [4.69, 9.17) is 33.2 Å². The lowest BCUT2D eigenvalue weighted by molar-refractivity contribution is 0.136. The van der Waals surface area contributed by atoms with Crippen molar-refractivity contribution in [3.63, 3.8) is 0 Å². The predicted molar refractivity (Wildman–Crippen MR) is 122 cm³/mol. The number of hydrogen-bond acceptors (Lipinski definition) is 3. The molecule has 150 valence electrons. The molecule has 2 aromatic carbocycles. The monoisotopic (exact) mass is 425 g/mol. The average Bonchev–Trinajstić information content (AvgIpc) is 2.89. The topological polar surface area (TPSA) is 29.0 Å². The largest absolute Gasteiger partial charge is 0.352 e. The van der Waals surface area contributed by atoms with Crippen molar-refractivity contribution in [2.45, 2.75) is 46.1 Å². The molecular weight excluding hydrogens is 401 g/mol. The summed E-state index contributed by atoms with van der Waals surface area (Å²) in [6, 6.07) is 14.3. The average molecular weight is 426 g/mol. The molecule has 2 atom stereocenters. The lowest BCUT2D eigenvalue weighted by Gasteiger charge is -2.39. The Balaban J connectivity index is 1.68. The van der Waals surface area contributed by atoms with Gasteiger partial charge in [-0.25, -0.2) is 9.97 Å². The second-order valence-corrected chi connectivity index (χ2v) is 10.7. The molecule has 29 heavy (non-hydrogen) atoms. The maximum atomic E-state index is 6.50. The number of anilines is 1. The van der Waals surface area contributed by atoms with Gasteiger partial charge in [0.1, 0.15) is 5.82 Å². The molecule has 2 aliphatic rings. The van der Waals surface area contributed by atoms with Crippen molar-refractivity contribution in [3.8, 4) is 11.4 Å². The second-order valence-electron chi connectivity index (χ2n) is 9.85. The summed E-state index contributed by atoms with van der Waals surface area (Å²) in [6.45, 7) is 8.27. The quantitative estimate of drug-likeness (QED) is 0.441. The van der Waals surface area contributed by atoms with Crippen LogP contribution in [0.15, 0.2) is 42.5 Å². The maximum absolute atomic E-state index is 6.50. The van der Waals surface area contributed by atoms with Gasteiger partial charge in [0.15, 0.2) is 5.82 Å². The fourth-order valence-electron chi connectivity index (χ4n) is 5.78. The molecule has 0 amide bonds. The first-order valence-electron chi connectivity index (χ1n) is 10.2. The molecular formula is C24H25Cl2N3. The van der Waals surface area contributed by atoms with Gasteiger partial charge in [-0.2, -0.15) is 0 Å². The van der Waals surface area contributed by atoms with Gasteiger partial charge in [0.25, 0.3) is 0 Å². The van der Waals surface area contributed by atoms with Crippen molar-refractivity contribution in [1.29, 1.82) is 0 Å². The van der Waals surface area contributed by atoms with E-state index in [1.54, 1.807) is 6.07 Å². The van der Waals surface area contributed by atoms with Crippen molar-refractivity contribution in [2.75, 3.05) is 11.4 Å². The number of hydrogen-bond donors (Lipinski definition) is 0. The van der Waals surface area contributed by atoms with Gasteiger partial charge >= 0.3 is 0 Å². The molecule has 0 radical (unpaired) electrons. The summed E-state index contributed by atoms with van der Waals surface area (Å²) in [7, 11) is 0. The van der Waals surface area contributed by atoms with E-state index in [1.807, 2.05) is 18.2 Å². The molecule has 0 spiro atoms. The van der Waals surface area contributed by atoms with Gasteiger partial charge in [0, 0.05) is 28.6 Å². The van der Waals surface area contributed by atoms with Crippen molar-refractivity contribution in [3.05, 3.63) is 52.5 Å². The van der Waals surface area contributed by atoms with Crippen molar-refractivity contribution >= 4 is 39.9 Å². The number of rotatable bonds is 2. The normalized spacial score (nSPS) is 25.6. The summed E-state index contributed by atoms with van der Waals surface area (Å²) in [5.74, 6) is 1.69. The minimum atomic E-state index is 0.330. The SMILES string of the molecule is CC1(C)C[C@@H]2C[C@@](C)(CN2c2nc(-c3ccc(Cl)cc3Cl)nc3ccccc23)C1. The Labute approximate surface area is 182 Å². The van der Waals surface area contributed by atoms with Crippen LogP contribution in [0.1, 0.15) is 40.0 Å². The number of nitrogens with zero attached hydrogens (tertiary/aromatic N) is 3. The standard InChI is InChI=1S/C24H25Cl2N3/c1-23(2)11-16-12-24(3,13-23)14-29(16)22-18-6-4-5-7-20(18)27-21(28-22)17-9-8-15(25)10-19(17)26/h4-10,16H,11-14H2,1-3H3/t16-,24-/m1/s1. The third-order valence-electron chi connectivity index (χ3n) is 6.44. The number of aromatic nitrogens is 2. The first-order chi connectivity index (χ1) is 13.7. The fourth-order valence-corrected chi connectivity index (χ4v) is 6.27. The Morgan fingerprint density at radius 2 is 1.79 bits per heavy atom. The van der Waals surface area contributed by atoms with E-state index in [2.05, 4.69) is 43.9 Å². The molecule has 2 heterocycles. The Kier molecular flexibility index (Phi) is 4.34. The van der Waals surface area contributed by atoms with Crippen molar-refractivity contribution in [2.24, 2.45) is 10.8 Å². The molecule has 1 aliphatic carbocycles. The number of para-hydroxylation sites is 1. The zero-order valence-corrected chi connectivity index (χ0v) is 18.6. The fraction of sp³-hybridized carbons (Fsp3) is 0.417. The van der Waals surface area contributed by atoms with E-state index >= 15 is 0 Å². The van der Waals surface area contributed by atoms with Crippen LogP contribution in [-0.2, 0) is 0 Å². The molecule has 1 aliphatic heterocycles. The van der Waals surface area contributed by atoms with Gasteiger partial charge < -0.3 is 4.90 Å². The van der Waals surface area contributed by atoms with Crippen LogP contribution < -0.4 is 4.90 Å². The molecule has 1 aromatic heterocycles. The van der Waals surface area contributed by atoms with Crippen LogP contribution in [0.3, 0.4) is 0 Å². The molecule has 1 saturated heterocycles. The van der Waals surface area contributed by atoms with E-state index < -0.39 is 0 Å². The van der Waals surface area contributed by atoms with Gasteiger partial charge in [-0.05, 0) is 60.4 Å². The number of benzene rings is 2. The van der Waals surface area contributed by atoms with Gasteiger partial charge in [-0.15, -0.1) is 0 Å². The van der Waals surface area contributed by atoms with Crippen molar-refractivity contribution < 1.29 is 0 Å². The first-order valence-corrected chi connectivity index (χ1v) is 11.0. The molecule has 3 aromatic rings. The lowest BCUT2D eigenvalue weighted by Crippen LogP contribution is -2.35. The molecule has 5 rings (SSSR count). The zero-order valence-electron chi connectivity index (χ0n) is 17.0. The second kappa shape index (κ2) is 6.58. The van der Waals surface area contributed by atoms with Crippen LogP contribution in [0.25, 0.3) is 22.3 Å². The van der Waals surface area contributed by atoms with Crippen molar-refractivity contribution in [1.82, 2.24) is 9.97 Å². The minimum absolute atomic E-state index is 0.330. The lowest BCUT2D eigenvalue weighted by atomic mass is 9.65. The Bertz CT molecular complexity index is 1110. The third-order valence-corrected chi connectivity index (χ3v) is 6.99. The van der Waals surface area contributed by atoms with Crippen LogP contribution in [0, 0.1) is 10.8 Å². The number of halogens is 2. The highest BCUT2D eigenvalue weighted by atomic mass is 35.5. The molecule has 5 heteroatoms. The predicted octanol–water partition coefficient (Wildman–Crippen LogP) is 7.01. The third kappa shape index (κ3) is 3.39. The molecule has 2 bridgehead atoms.